The van der Waals surface area contributed by atoms with Gasteiger partial charge in [-0.1, -0.05) is 0 Å². The fraction of sp³-hybridized carbons (Fsp3) is 0.625. The van der Waals surface area contributed by atoms with E-state index in [1.54, 1.807) is 13.8 Å². The molecule has 1 unspecified atom stereocenters. The lowest BCUT2D eigenvalue weighted by Gasteiger charge is -2.18. The zero-order valence-corrected chi connectivity index (χ0v) is 6.97. The SMILES string of the molecule is CC1=C(C)OC(C)(C(=O)O)C1. The topological polar surface area (TPSA) is 46.5 Å². The van der Waals surface area contributed by atoms with Crippen LogP contribution in [0, 0.1) is 0 Å². The largest absolute Gasteiger partial charge is 0.480 e. The van der Waals surface area contributed by atoms with E-state index in [-0.39, 0.29) is 0 Å². The first-order valence-electron chi connectivity index (χ1n) is 3.54. The molecule has 3 heteroatoms. The van der Waals surface area contributed by atoms with E-state index in [4.69, 9.17) is 9.84 Å². The van der Waals surface area contributed by atoms with Gasteiger partial charge in [0.2, 0.25) is 5.60 Å². The van der Waals surface area contributed by atoms with Gasteiger partial charge in [-0.25, -0.2) is 4.79 Å². The van der Waals surface area contributed by atoms with Crippen LogP contribution >= 0.6 is 0 Å². The number of allylic oxidation sites excluding steroid dienone is 1. The van der Waals surface area contributed by atoms with E-state index in [0.29, 0.717) is 6.42 Å². The first-order valence-corrected chi connectivity index (χ1v) is 3.54. The summed E-state index contributed by atoms with van der Waals surface area (Å²) in [4.78, 5) is 10.7. The first kappa shape index (κ1) is 8.11. The van der Waals surface area contributed by atoms with Crippen LogP contribution in [0.4, 0.5) is 0 Å². The van der Waals surface area contributed by atoms with Gasteiger partial charge in [0, 0.05) is 6.42 Å². The van der Waals surface area contributed by atoms with Crippen LogP contribution in [-0.2, 0) is 9.53 Å². The summed E-state index contributed by atoms with van der Waals surface area (Å²) in [7, 11) is 0. The molecular weight excluding hydrogens is 144 g/mol. The molecule has 1 aliphatic heterocycles. The molecule has 0 amide bonds. The van der Waals surface area contributed by atoms with E-state index >= 15 is 0 Å². The molecule has 11 heavy (non-hydrogen) atoms. The highest BCUT2D eigenvalue weighted by Crippen LogP contribution is 2.33. The van der Waals surface area contributed by atoms with E-state index < -0.39 is 11.6 Å². The van der Waals surface area contributed by atoms with Crippen molar-refractivity contribution >= 4 is 5.97 Å². The van der Waals surface area contributed by atoms with Gasteiger partial charge >= 0.3 is 5.97 Å². The van der Waals surface area contributed by atoms with Crippen molar-refractivity contribution in [3.8, 4) is 0 Å². The molecule has 1 heterocycles. The first-order chi connectivity index (χ1) is 4.96. The molecule has 0 fully saturated rings. The molecule has 1 aliphatic rings. The Balaban J connectivity index is 2.80. The molecule has 3 nitrogen and oxygen atoms in total. The summed E-state index contributed by atoms with van der Waals surface area (Å²) < 4.78 is 5.20. The Morgan fingerprint density at radius 3 is 2.36 bits per heavy atom. The number of carboxylic acids is 1. The van der Waals surface area contributed by atoms with Gasteiger partial charge in [-0.15, -0.1) is 0 Å². The van der Waals surface area contributed by atoms with Crippen LogP contribution in [0.1, 0.15) is 27.2 Å². The van der Waals surface area contributed by atoms with Crippen molar-refractivity contribution in [2.75, 3.05) is 0 Å². The summed E-state index contributed by atoms with van der Waals surface area (Å²) in [5, 5.41) is 8.76. The van der Waals surface area contributed by atoms with Crippen molar-refractivity contribution in [1.82, 2.24) is 0 Å². The predicted octanol–water partition coefficient (Wildman–Crippen LogP) is 1.54. The number of aliphatic carboxylic acids is 1. The Hall–Kier alpha value is -0.990. The van der Waals surface area contributed by atoms with Gasteiger partial charge in [0.05, 0.1) is 5.76 Å². The fourth-order valence-electron chi connectivity index (χ4n) is 1.21. The Kier molecular flexibility index (Phi) is 1.66. The van der Waals surface area contributed by atoms with Crippen LogP contribution in [0.2, 0.25) is 0 Å². The Morgan fingerprint density at radius 2 is 2.18 bits per heavy atom. The summed E-state index contributed by atoms with van der Waals surface area (Å²) in [5.74, 6) is -0.149. The van der Waals surface area contributed by atoms with Gasteiger partial charge in [-0.3, -0.25) is 0 Å². The van der Waals surface area contributed by atoms with Gasteiger partial charge in [-0.05, 0) is 26.3 Å². The average Bonchev–Trinajstić information content (AvgIpc) is 2.09. The number of carbonyl (C=O) groups is 1. The third-order valence-electron chi connectivity index (χ3n) is 2.03. The molecule has 0 spiro atoms. The van der Waals surface area contributed by atoms with Crippen molar-refractivity contribution in [2.45, 2.75) is 32.8 Å². The van der Waals surface area contributed by atoms with Gasteiger partial charge in [0.25, 0.3) is 0 Å². The quantitative estimate of drug-likeness (QED) is 0.626. The third-order valence-corrected chi connectivity index (χ3v) is 2.03. The minimum absolute atomic E-state index is 0.494. The second kappa shape index (κ2) is 2.26. The van der Waals surface area contributed by atoms with E-state index in [1.165, 1.54) is 0 Å². The van der Waals surface area contributed by atoms with Crippen LogP contribution in [0.15, 0.2) is 11.3 Å². The van der Waals surface area contributed by atoms with Crippen molar-refractivity contribution < 1.29 is 14.6 Å². The highest BCUT2D eigenvalue weighted by atomic mass is 16.5. The van der Waals surface area contributed by atoms with E-state index in [2.05, 4.69) is 0 Å². The van der Waals surface area contributed by atoms with Crippen LogP contribution in [-0.4, -0.2) is 16.7 Å². The number of hydrogen-bond donors (Lipinski definition) is 1. The highest BCUT2D eigenvalue weighted by molar-refractivity contribution is 5.78. The maximum atomic E-state index is 10.7. The van der Waals surface area contributed by atoms with Gasteiger partial charge in [0.1, 0.15) is 0 Å². The molecule has 62 valence electrons. The Labute approximate surface area is 65.7 Å². The van der Waals surface area contributed by atoms with Crippen molar-refractivity contribution in [2.24, 2.45) is 0 Å². The highest BCUT2D eigenvalue weighted by Gasteiger charge is 2.40. The third kappa shape index (κ3) is 1.23. The van der Waals surface area contributed by atoms with Crippen molar-refractivity contribution in [3.63, 3.8) is 0 Å². The summed E-state index contributed by atoms with van der Waals surface area (Å²) >= 11 is 0. The standard InChI is InChI=1S/C8H12O3/c1-5-4-8(3,7(9)10)11-6(5)2/h4H2,1-3H3,(H,9,10). The van der Waals surface area contributed by atoms with Crippen LogP contribution < -0.4 is 0 Å². The second-order valence-corrected chi connectivity index (χ2v) is 3.15. The number of rotatable bonds is 1. The maximum absolute atomic E-state index is 10.7. The predicted molar refractivity (Wildman–Crippen MR) is 40.1 cm³/mol. The van der Waals surface area contributed by atoms with Gasteiger partial charge < -0.3 is 9.84 Å². The van der Waals surface area contributed by atoms with Crippen molar-refractivity contribution in [3.05, 3.63) is 11.3 Å². The molecule has 0 aromatic heterocycles. The van der Waals surface area contributed by atoms with E-state index in [1.807, 2.05) is 6.92 Å². The van der Waals surface area contributed by atoms with Crippen molar-refractivity contribution in [1.29, 1.82) is 0 Å². The molecule has 1 rings (SSSR count). The molecule has 0 aromatic rings. The van der Waals surface area contributed by atoms with E-state index in [0.717, 1.165) is 11.3 Å². The van der Waals surface area contributed by atoms with Crippen LogP contribution in [0.3, 0.4) is 0 Å². The van der Waals surface area contributed by atoms with Gasteiger partial charge in [0.15, 0.2) is 0 Å². The van der Waals surface area contributed by atoms with Gasteiger partial charge in [-0.2, -0.15) is 0 Å². The second-order valence-electron chi connectivity index (χ2n) is 3.15. The molecule has 0 saturated heterocycles. The average molecular weight is 156 g/mol. The fourth-order valence-corrected chi connectivity index (χ4v) is 1.21. The van der Waals surface area contributed by atoms with E-state index in [9.17, 15) is 4.79 Å². The molecule has 0 radical (unpaired) electrons. The summed E-state index contributed by atoms with van der Waals surface area (Å²) in [6.07, 6.45) is 0.494. The lowest BCUT2D eigenvalue weighted by molar-refractivity contribution is -0.156. The smallest absolute Gasteiger partial charge is 0.348 e. The molecular formula is C8H12O3. The summed E-state index contributed by atoms with van der Waals surface area (Å²) in [6.45, 7) is 5.28. The zero-order valence-electron chi connectivity index (χ0n) is 6.97. The summed E-state index contributed by atoms with van der Waals surface area (Å²) in [6, 6.07) is 0. The molecule has 0 aromatic carbocycles. The Morgan fingerprint density at radius 1 is 1.64 bits per heavy atom. The summed E-state index contributed by atoms with van der Waals surface area (Å²) in [5.41, 5.74) is 0.00338. The number of ether oxygens (including phenoxy) is 1. The minimum atomic E-state index is -1.02. The number of carboxylic acid groups (broad SMARTS) is 1. The minimum Gasteiger partial charge on any atom is -0.480 e. The zero-order chi connectivity index (χ0) is 8.65. The lowest BCUT2D eigenvalue weighted by atomic mass is 10.0. The monoisotopic (exact) mass is 156 g/mol. The maximum Gasteiger partial charge on any atom is 0.348 e. The Bertz CT molecular complexity index is 213. The molecule has 0 bridgehead atoms. The van der Waals surface area contributed by atoms with Crippen LogP contribution in [0.25, 0.3) is 0 Å². The normalized spacial score (nSPS) is 30.5. The molecule has 1 N–H and O–H groups in total. The van der Waals surface area contributed by atoms with Crippen LogP contribution in [0.5, 0.6) is 0 Å². The number of hydrogen-bond acceptors (Lipinski definition) is 2. The lowest BCUT2D eigenvalue weighted by Crippen LogP contribution is -2.34. The molecule has 1 atom stereocenters. The molecule has 0 saturated carbocycles. The molecule has 0 aliphatic carbocycles.